The van der Waals surface area contributed by atoms with Gasteiger partial charge in [-0.15, -0.1) is 0 Å². The van der Waals surface area contributed by atoms with E-state index >= 15 is 0 Å². The first-order chi connectivity index (χ1) is 14.8. The van der Waals surface area contributed by atoms with E-state index in [-0.39, 0.29) is 25.2 Å². The zero-order chi connectivity index (χ0) is 22.1. The van der Waals surface area contributed by atoms with Crippen LogP contribution in [0.25, 0.3) is 22.0 Å². The molecule has 4 N–H and O–H groups in total. The Morgan fingerprint density at radius 3 is 2.81 bits per heavy atom. The number of aryl methyl sites for hydroxylation is 1. The van der Waals surface area contributed by atoms with Gasteiger partial charge in [0.2, 0.25) is 5.95 Å². The van der Waals surface area contributed by atoms with E-state index in [1.807, 2.05) is 19.1 Å². The Kier molecular flexibility index (Phi) is 5.58. The number of halogens is 2. The minimum atomic E-state index is -1.24. The minimum absolute atomic E-state index is 0.0963. The molecule has 4 rings (SSSR count). The summed E-state index contributed by atoms with van der Waals surface area (Å²) in [7, 11) is 0. The van der Waals surface area contributed by atoms with Crippen molar-refractivity contribution in [3.05, 3.63) is 47.9 Å². The quantitative estimate of drug-likeness (QED) is 0.542. The van der Waals surface area contributed by atoms with Crippen LogP contribution in [0.5, 0.6) is 0 Å². The predicted molar refractivity (Wildman–Crippen MR) is 115 cm³/mol. The van der Waals surface area contributed by atoms with Crippen molar-refractivity contribution in [1.29, 1.82) is 0 Å². The minimum Gasteiger partial charge on any atom is -0.465 e. The van der Waals surface area contributed by atoms with Gasteiger partial charge in [0.15, 0.2) is 0 Å². The van der Waals surface area contributed by atoms with Gasteiger partial charge in [0.1, 0.15) is 12.0 Å². The highest BCUT2D eigenvalue weighted by Crippen LogP contribution is 2.29. The number of anilines is 2. The number of alkyl halides is 1. The molecule has 3 aromatic rings. The predicted octanol–water partition coefficient (Wildman–Crippen LogP) is 4.08. The topological polar surface area (TPSA) is 104 Å². The number of carboxylic acid groups (broad SMARTS) is 1. The maximum Gasteiger partial charge on any atom is 0.407 e. The summed E-state index contributed by atoms with van der Waals surface area (Å²) in [5, 5.41) is 13.0. The number of rotatable bonds is 4. The van der Waals surface area contributed by atoms with Crippen molar-refractivity contribution < 1.29 is 18.7 Å². The van der Waals surface area contributed by atoms with E-state index in [1.165, 1.54) is 12.1 Å². The molecule has 162 valence electrons. The Hall–Kier alpha value is -3.49. The van der Waals surface area contributed by atoms with Gasteiger partial charge in [0.25, 0.3) is 0 Å². The first-order valence-electron chi connectivity index (χ1n) is 10.1. The lowest BCUT2D eigenvalue weighted by Crippen LogP contribution is -2.49. The van der Waals surface area contributed by atoms with Crippen LogP contribution in [0.2, 0.25) is 0 Å². The normalized spacial score (nSPS) is 18.9. The Labute approximate surface area is 177 Å². The number of likely N-dealkylation sites (tertiary alicyclic amines) is 1. The fourth-order valence-corrected chi connectivity index (χ4v) is 3.91. The maximum atomic E-state index is 14.0. The van der Waals surface area contributed by atoms with Gasteiger partial charge in [-0.05, 0) is 47.4 Å². The smallest absolute Gasteiger partial charge is 0.407 e. The fraction of sp³-hybridized carbons (Fsp3) is 0.318. The second-order valence-electron chi connectivity index (χ2n) is 7.72. The van der Waals surface area contributed by atoms with Gasteiger partial charge in [-0.25, -0.2) is 23.5 Å². The van der Waals surface area contributed by atoms with Gasteiger partial charge in [-0.2, -0.15) is 0 Å². The molecule has 0 radical (unpaired) electrons. The summed E-state index contributed by atoms with van der Waals surface area (Å²) < 4.78 is 27.9. The molecule has 0 aliphatic carbocycles. The van der Waals surface area contributed by atoms with Gasteiger partial charge < -0.3 is 21.1 Å². The van der Waals surface area contributed by atoms with Crippen LogP contribution in [-0.4, -0.2) is 51.4 Å². The van der Waals surface area contributed by atoms with Crippen molar-refractivity contribution in [3.63, 3.8) is 0 Å². The molecular weight excluding hydrogens is 404 g/mol. The monoisotopic (exact) mass is 427 g/mol. The Bertz CT molecular complexity index is 1140. The molecule has 0 spiro atoms. The van der Waals surface area contributed by atoms with Crippen LogP contribution >= 0.6 is 0 Å². The number of fused-ring (bicyclic) bond motifs is 1. The fourth-order valence-electron chi connectivity index (χ4n) is 3.91. The van der Waals surface area contributed by atoms with Crippen molar-refractivity contribution in [2.75, 3.05) is 24.1 Å². The molecule has 1 aromatic heterocycles. The van der Waals surface area contributed by atoms with Gasteiger partial charge in [0.05, 0.1) is 17.7 Å². The zero-order valence-corrected chi connectivity index (χ0v) is 17.0. The number of benzene rings is 2. The molecule has 31 heavy (non-hydrogen) atoms. The zero-order valence-electron chi connectivity index (χ0n) is 17.0. The number of carbonyl (C=O) groups is 1. The number of nitrogens with zero attached hydrogens (tertiary/aromatic N) is 3. The van der Waals surface area contributed by atoms with E-state index in [2.05, 4.69) is 15.3 Å². The molecule has 2 aromatic carbocycles. The van der Waals surface area contributed by atoms with Gasteiger partial charge >= 0.3 is 6.09 Å². The van der Waals surface area contributed by atoms with Crippen molar-refractivity contribution in [3.8, 4) is 11.1 Å². The summed E-state index contributed by atoms with van der Waals surface area (Å²) in [5.41, 5.74) is 8.90. The van der Waals surface area contributed by atoms with Crippen LogP contribution in [-0.2, 0) is 6.42 Å². The summed E-state index contributed by atoms with van der Waals surface area (Å²) in [6.45, 7) is 2.04. The van der Waals surface area contributed by atoms with Gasteiger partial charge in [0, 0.05) is 30.6 Å². The number of hydrogen-bond acceptors (Lipinski definition) is 5. The van der Waals surface area contributed by atoms with E-state index < -0.39 is 24.1 Å². The van der Waals surface area contributed by atoms with E-state index in [0.29, 0.717) is 17.9 Å². The lowest BCUT2D eigenvalue weighted by atomic mass is 9.98. The number of amides is 1. The second kappa shape index (κ2) is 8.33. The average molecular weight is 427 g/mol. The molecule has 9 heteroatoms. The molecule has 1 saturated heterocycles. The summed E-state index contributed by atoms with van der Waals surface area (Å²) >= 11 is 0. The Morgan fingerprint density at radius 1 is 1.29 bits per heavy atom. The Balaban J connectivity index is 1.64. The molecule has 2 atom stereocenters. The number of piperidine rings is 1. The van der Waals surface area contributed by atoms with Crippen molar-refractivity contribution in [1.82, 2.24) is 14.9 Å². The first kappa shape index (κ1) is 20.8. The molecule has 7 nitrogen and oxygen atoms in total. The lowest BCUT2D eigenvalue weighted by Gasteiger charge is -2.33. The highest BCUT2D eigenvalue weighted by atomic mass is 19.1. The molecule has 2 heterocycles. The van der Waals surface area contributed by atoms with Crippen LogP contribution in [0.4, 0.5) is 25.2 Å². The molecular formula is C22H23F2N5O2. The highest BCUT2D eigenvalue weighted by Gasteiger charge is 2.30. The molecule has 1 fully saturated rings. The number of nitrogens with two attached hydrogens (primary N) is 1. The SMILES string of the molecule is CCc1cc(-c2ccc(N)c(F)c2)cc2cnc(N[C@H]3C[C@H](F)CN(C(=O)O)C3)nc12. The van der Waals surface area contributed by atoms with Crippen LogP contribution in [0.3, 0.4) is 0 Å². The van der Waals surface area contributed by atoms with E-state index in [4.69, 9.17) is 5.73 Å². The highest BCUT2D eigenvalue weighted by molar-refractivity contribution is 5.87. The number of aromatic nitrogens is 2. The average Bonchev–Trinajstić information content (AvgIpc) is 2.74. The largest absolute Gasteiger partial charge is 0.465 e. The standard InChI is InChI=1S/C22H23F2N5O2/c1-2-12-5-14(13-3-4-19(25)18(24)7-13)6-15-9-26-21(28-20(12)15)27-17-8-16(23)10-29(11-17)22(30)31/h3-7,9,16-17H,2,8,10-11,25H2,1H3,(H,30,31)(H,26,27,28)/t16-,17-/m0/s1. The second-order valence-corrected chi connectivity index (χ2v) is 7.72. The van der Waals surface area contributed by atoms with E-state index in [1.54, 1.807) is 12.3 Å². The summed E-state index contributed by atoms with van der Waals surface area (Å²) in [4.78, 5) is 21.2. The van der Waals surface area contributed by atoms with Crippen molar-refractivity contribution in [2.45, 2.75) is 32.0 Å². The van der Waals surface area contributed by atoms with Gasteiger partial charge in [-0.3, -0.25) is 0 Å². The third-order valence-corrected chi connectivity index (χ3v) is 5.48. The summed E-state index contributed by atoms with van der Waals surface area (Å²) in [6, 6.07) is 8.12. The number of hydrogen-bond donors (Lipinski definition) is 3. The lowest BCUT2D eigenvalue weighted by molar-refractivity contribution is 0.102. The third kappa shape index (κ3) is 4.35. The van der Waals surface area contributed by atoms with Crippen LogP contribution < -0.4 is 11.1 Å². The van der Waals surface area contributed by atoms with Crippen LogP contribution in [0, 0.1) is 5.82 Å². The van der Waals surface area contributed by atoms with Crippen molar-refractivity contribution >= 4 is 28.6 Å². The van der Waals surface area contributed by atoms with E-state index in [0.717, 1.165) is 26.9 Å². The summed E-state index contributed by atoms with van der Waals surface area (Å²) in [5.74, 6) is -0.154. The molecule has 1 aliphatic heterocycles. The van der Waals surface area contributed by atoms with Crippen LogP contribution in [0.1, 0.15) is 18.9 Å². The van der Waals surface area contributed by atoms with E-state index in [9.17, 15) is 18.7 Å². The molecule has 1 amide bonds. The molecule has 0 bridgehead atoms. The third-order valence-electron chi connectivity index (χ3n) is 5.48. The summed E-state index contributed by atoms with van der Waals surface area (Å²) in [6.07, 6.45) is 0.158. The number of nitrogen functional groups attached to an aromatic ring is 1. The molecule has 0 saturated carbocycles. The van der Waals surface area contributed by atoms with Crippen LogP contribution in [0.15, 0.2) is 36.5 Å². The first-order valence-corrected chi connectivity index (χ1v) is 10.1. The maximum absolute atomic E-state index is 14.0. The van der Waals surface area contributed by atoms with Crippen molar-refractivity contribution in [2.24, 2.45) is 0 Å². The number of nitrogens with one attached hydrogen (secondary N) is 1. The molecule has 1 aliphatic rings. The molecule has 0 unspecified atom stereocenters. The Morgan fingerprint density at radius 2 is 2.10 bits per heavy atom. The van der Waals surface area contributed by atoms with Gasteiger partial charge in [-0.1, -0.05) is 13.0 Å².